The maximum Gasteiger partial charge on any atom is 0.154 e. The zero-order valence-corrected chi connectivity index (χ0v) is 18.8. The highest BCUT2D eigenvalue weighted by molar-refractivity contribution is 8.75. The summed E-state index contributed by atoms with van der Waals surface area (Å²) in [5.41, 5.74) is 0.0554. The van der Waals surface area contributed by atoms with Crippen LogP contribution in [0.15, 0.2) is 60.7 Å². The van der Waals surface area contributed by atoms with E-state index < -0.39 is 5.24 Å². The highest BCUT2D eigenvalue weighted by Crippen LogP contribution is 2.61. The van der Waals surface area contributed by atoms with E-state index in [9.17, 15) is 0 Å². The van der Waals surface area contributed by atoms with Gasteiger partial charge in [0.15, 0.2) is 11.8 Å². The summed E-state index contributed by atoms with van der Waals surface area (Å²) in [4.78, 5) is 3.51. The first kappa shape index (κ1) is 22.4. The van der Waals surface area contributed by atoms with E-state index in [2.05, 4.69) is 106 Å². The zero-order chi connectivity index (χ0) is 17.8. The fourth-order valence-electron chi connectivity index (χ4n) is 2.25. The van der Waals surface area contributed by atoms with E-state index in [0.29, 0.717) is 0 Å². The van der Waals surface area contributed by atoms with Gasteiger partial charge in [-0.1, -0.05) is 83.9 Å². The Labute approximate surface area is 167 Å². The van der Waals surface area contributed by atoms with E-state index in [1.54, 1.807) is 0 Å². The zero-order valence-electron chi connectivity index (χ0n) is 15.5. The molecule has 0 fully saturated rings. The van der Waals surface area contributed by atoms with Crippen LogP contribution in [-0.4, -0.2) is 16.5 Å². The van der Waals surface area contributed by atoms with Gasteiger partial charge < -0.3 is 12.4 Å². The Hall–Kier alpha value is -0.600. The van der Waals surface area contributed by atoms with E-state index in [1.165, 1.54) is 10.6 Å². The Bertz CT molecular complexity index is 694. The van der Waals surface area contributed by atoms with Crippen molar-refractivity contribution in [3.63, 3.8) is 0 Å². The molecule has 0 aliphatic heterocycles. The van der Waals surface area contributed by atoms with Crippen molar-refractivity contribution < 1.29 is 17.4 Å². The third kappa shape index (κ3) is 6.57. The van der Waals surface area contributed by atoms with E-state index in [-0.39, 0.29) is 22.7 Å². The minimum absolute atomic E-state index is 0. The van der Waals surface area contributed by atoms with E-state index in [4.69, 9.17) is 11.8 Å². The second-order valence-corrected chi connectivity index (χ2v) is 15.4. The summed E-state index contributed by atoms with van der Waals surface area (Å²) in [6, 6.07) is 21.2. The third-order valence-corrected chi connectivity index (χ3v) is 11.6. The van der Waals surface area contributed by atoms with E-state index >= 15 is 0 Å². The molecule has 0 amide bonds. The maximum absolute atomic E-state index is 6.32. The smallest absolute Gasteiger partial charge is 0.154 e. The van der Waals surface area contributed by atoms with Gasteiger partial charge in [0.05, 0.1) is 9.99 Å². The minimum atomic E-state index is -1.95. The molecular formula is C20H27ClNPS2. The van der Waals surface area contributed by atoms with Crippen LogP contribution in [-0.2, 0) is 11.8 Å². The predicted molar refractivity (Wildman–Crippen MR) is 115 cm³/mol. The molecule has 0 heterocycles. The lowest BCUT2D eigenvalue weighted by molar-refractivity contribution is -0.535. The summed E-state index contributed by atoms with van der Waals surface area (Å²) in [5, 5.41) is 0.567. The lowest BCUT2D eigenvalue weighted by atomic mass is 10.1. The molecular weight excluding hydrogens is 385 g/mol. The van der Waals surface area contributed by atoms with Crippen LogP contribution in [0.4, 0.5) is 0 Å². The molecule has 1 nitrogen and oxygen atoms in total. The quantitative estimate of drug-likeness (QED) is 0.569. The van der Waals surface area contributed by atoms with Gasteiger partial charge in [0.25, 0.3) is 0 Å². The first-order chi connectivity index (χ1) is 11.1. The molecule has 25 heavy (non-hydrogen) atoms. The minimum Gasteiger partial charge on any atom is -1.00 e. The molecule has 0 unspecified atom stereocenters. The molecule has 2 rings (SSSR count). The average Bonchev–Trinajstić information content (AvgIpc) is 2.54. The van der Waals surface area contributed by atoms with Crippen LogP contribution in [0.25, 0.3) is 0 Å². The summed E-state index contributed by atoms with van der Waals surface area (Å²) in [5.74, 6) is 0. The van der Waals surface area contributed by atoms with Gasteiger partial charge in [-0.3, -0.25) is 0 Å². The summed E-state index contributed by atoms with van der Waals surface area (Å²) in [7, 11) is 0. The van der Waals surface area contributed by atoms with Crippen molar-refractivity contribution in [2.45, 2.75) is 44.9 Å². The van der Waals surface area contributed by atoms with Gasteiger partial charge in [0.2, 0.25) is 0 Å². The van der Waals surface area contributed by atoms with Crippen LogP contribution < -0.4 is 28.0 Å². The number of halogens is 1. The SMILES string of the molecule is CC(C)(C)[NH+]=CC(C)(C)SP(=S)(c1ccccc1)c1ccccc1.[Cl-]. The molecule has 0 bridgehead atoms. The lowest BCUT2D eigenvalue weighted by Crippen LogP contribution is -3.00. The predicted octanol–water partition coefficient (Wildman–Crippen LogP) is 0.498. The second-order valence-electron chi connectivity index (χ2n) is 7.46. The van der Waals surface area contributed by atoms with E-state index in [0.717, 1.165) is 0 Å². The first-order valence-corrected chi connectivity index (χ1v) is 12.4. The normalized spacial score (nSPS) is 12.8. The molecule has 2 aromatic rings. The first-order valence-electron chi connectivity index (χ1n) is 8.17. The molecule has 0 aliphatic carbocycles. The van der Waals surface area contributed by atoms with Gasteiger partial charge in [-0.25, -0.2) is 4.99 Å². The van der Waals surface area contributed by atoms with Gasteiger partial charge >= 0.3 is 0 Å². The second kappa shape index (κ2) is 8.86. The van der Waals surface area contributed by atoms with E-state index in [1.807, 2.05) is 11.4 Å². The Balaban J connectivity index is 0.00000312. The number of nitrogens with one attached hydrogen (secondary N) is 1. The lowest BCUT2D eigenvalue weighted by Gasteiger charge is -2.29. The average molecular weight is 412 g/mol. The molecule has 2 aromatic carbocycles. The molecule has 0 aromatic heterocycles. The summed E-state index contributed by atoms with van der Waals surface area (Å²) in [6.07, 6.45) is 2.20. The van der Waals surface area contributed by atoms with Gasteiger partial charge in [0.1, 0.15) is 0 Å². The summed E-state index contributed by atoms with van der Waals surface area (Å²) < 4.78 is -0.0749. The highest BCUT2D eigenvalue weighted by atomic mass is 35.5. The Kier molecular flexibility index (Phi) is 7.95. The number of benzene rings is 2. The van der Waals surface area contributed by atoms with Crippen molar-refractivity contribution in [1.82, 2.24) is 0 Å². The molecule has 0 saturated heterocycles. The standard InChI is InChI=1S/C20H26NPS2.ClH/c1-19(2,3)21-16-20(4,5)24-22(23,17-12-8-6-9-13-17)18-14-10-7-11-15-18;/h6-16H,1-5H3;1H. The summed E-state index contributed by atoms with van der Waals surface area (Å²) in [6.45, 7) is 11.0. The van der Waals surface area contributed by atoms with Crippen molar-refractivity contribution in [3.8, 4) is 0 Å². The van der Waals surface area contributed by atoms with Crippen molar-refractivity contribution in [1.29, 1.82) is 0 Å². The molecule has 1 N–H and O–H groups in total. The number of hydrogen-bond acceptors (Lipinski definition) is 2. The Morgan fingerprint density at radius 3 is 1.60 bits per heavy atom. The van der Waals surface area contributed by atoms with Crippen LogP contribution in [0, 0.1) is 0 Å². The van der Waals surface area contributed by atoms with Crippen LogP contribution in [0.2, 0.25) is 0 Å². The molecule has 0 saturated carbocycles. The van der Waals surface area contributed by atoms with Crippen molar-refractivity contribution in [2.75, 3.05) is 0 Å². The molecule has 136 valence electrons. The van der Waals surface area contributed by atoms with Crippen LogP contribution >= 0.6 is 16.6 Å². The van der Waals surface area contributed by atoms with Crippen LogP contribution in [0.1, 0.15) is 34.6 Å². The monoisotopic (exact) mass is 411 g/mol. The van der Waals surface area contributed by atoms with Crippen molar-refractivity contribution in [2.24, 2.45) is 0 Å². The van der Waals surface area contributed by atoms with Crippen molar-refractivity contribution >= 4 is 45.3 Å². The summed E-state index contributed by atoms with van der Waals surface area (Å²) >= 11 is 8.22. The van der Waals surface area contributed by atoms with Crippen LogP contribution in [0.5, 0.6) is 0 Å². The number of rotatable bonds is 5. The van der Waals surface area contributed by atoms with Gasteiger partial charge in [0, 0.05) is 0 Å². The van der Waals surface area contributed by atoms with Crippen LogP contribution in [0.3, 0.4) is 0 Å². The third-order valence-electron chi connectivity index (χ3n) is 3.41. The molecule has 0 radical (unpaired) electrons. The van der Waals surface area contributed by atoms with Gasteiger partial charge in [-0.05, 0) is 45.2 Å². The largest absolute Gasteiger partial charge is 1.00 e. The fraction of sp³-hybridized carbons (Fsp3) is 0.350. The Morgan fingerprint density at radius 2 is 1.24 bits per heavy atom. The fourth-order valence-corrected chi connectivity index (χ4v) is 10.6. The van der Waals surface area contributed by atoms with Gasteiger partial charge in [-0.15, -0.1) is 0 Å². The topological polar surface area (TPSA) is 14.0 Å². The van der Waals surface area contributed by atoms with Gasteiger partial charge in [-0.2, -0.15) is 0 Å². The molecule has 5 heteroatoms. The maximum atomic E-state index is 6.32. The molecule has 0 atom stereocenters. The van der Waals surface area contributed by atoms with Crippen molar-refractivity contribution in [3.05, 3.63) is 60.7 Å². The molecule has 0 spiro atoms. The number of hydrogen-bond donors (Lipinski definition) is 1. The Morgan fingerprint density at radius 1 is 0.840 bits per heavy atom. The highest BCUT2D eigenvalue weighted by Gasteiger charge is 2.33. The molecule has 0 aliphatic rings.